The summed E-state index contributed by atoms with van der Waals surface area (Å²) in [5, 5.41) is 13.1. The second-order valence-electron chi connectivity index (χ2n) is 9.16. The lowest BCUT2D eigenvalue weighted by molar-refractivity contribution is -0.131. The molecule has 4 rings (SSSR count). The largest absolute Gasteiger partial charge is 0.493 e. The number of carboxylic acid groups (broad SMARTS) is 1. The molecule has 9 heteroatoms. The number of methoxy groups -OCH3 is 1. The summed E-state index contributed by atoms with van der Waals surface area (Å²) in [6.07, 6.45) is 0.631. The smallest absolute Gasteiger partial charge is 0.339 e. The average Bonchev–Trinajstić information content (AvgIpc) is 2.82. The Hall–Kier alpha value is -4.01. The van der Waals surface area contributed by atoms with Gasteiger partial charge >= 0.3 is 5.97 Å². The summed E-state index contributed by atoms with van der Waals surface area (Å²) in [5.74, 6) is 0.298. The molecule has 4 N–H and O–H groups in total. The predicted molar refractivity (Wildman–Crippen MR) is 131 cm³/mol. The van der Waals surface area contributed by atoms with Gasteiger partial charge in [0.25, 0.3) is 0 Å². The molecule has 1 aromatic heterocycles. The molecule has 1 aliphatic heterocycles. The fourth-order valence-corrected chi connectivity index (χ4v) is 4.21. The van der Waals surface area contributed by atoms with Crippen molar-refractivity contribution < 1.29 is 28.9 Å². The number of benzene rings is 2. The van der Waals surface area contributed by atoms with Gasteiger partial charge in [-0.2, -0.15) is 0 Å². The third-order valence-corrected chi connectivity index (χ3v) is 6.17. The van der Waals surface area contributed by atoms with E-state index in [2.05, 4.69) is 10.3 Å². The molecule has 3 aromatic rings. The Morgan fingerprint density at radius 2 is 1.94 bits per heavy atom. The van der Waals surface area contributed by atoms with Gasteiger partial charge < -0.3 is 30.4 Å². The topological polar surface area (TPSA) is 133 Å². The molecule has 0 saturated heterocycles. The van der Waals surface area contributed by atoms with Gasteiger partial charge in [0.15, 0.2) is 11.5 Å². The van der Waals surface area contributed by atoms with Gasteiger partial charge in [0, 0.05) is 12.0 Å². The van der Waals surface area contributed by atoms with Gasteiger partial charge in [-0.15, -0.1) is 0 Å². The molecular formula is C26H29N3O6. The van der Waals surface area contributed by atoms with Crippen LogP contribution in [0.15, 0.2) is 36.4 Å². The zero-order valence-electron chi connectivity index (χ0n) is 20.2. The minimum absolute atomic E-state index is 0.0435. The number of carbonyl (C=O) groups excluding carboxylic acids is 1. The number of hydrogen-bond acceptors (Lipinski definition) is 7. The van der Waals surface area contributed by atoms with Crippen molar-refractivity contribution in [2.45, 2.75) is 33.2 Å². The quantitative estimate of drug-likeness (QED) is 0.465. The number of nitrogens with one attached hydrogen (secondary N) is 1. The zero-order chi connectivity index (χ0) is 25.3. The Labute approximate surface area is 203 Å². The Balaban J connectivity index is 1.55. The number of nitrogens with zero attached hydrogens (tertiary/aromatic N) is 1. The first-order valence-electron chi connectivity index (χ1n) is 11.3. The summed E-state index contributed by atoms with van der Waals surface area (Å²) < 4.78 is 17.2. The fourth-order valence-electron chi connectivity index (χ4n) is 4.21. The molecule has 2 heterocycles. The van der Waals surface area contributed by atoms with E-state index in [-0.39, 0.29) is 29.8 Å². The first-order valence-corrected chi connectivity index (χ1v) is 11.3. The highest BCUT2D eigenvalue weighted by Gasteiger charge is 2.33. The van der Waals surface area contributed by atoms with Crippen molar-refractivity contribution in [3.63, 3.8) is 0 Å². The second-order valence-corrected chi connectivity index (χ2v) is 9.16. The standard InChI is InChI=1S/C26H29N3O6/c1-14-20(24(30)31)22(27)21-17(28-14)8-6-9-18(21)35-13-26(2,3)25(32)29-16-11-12-34-23-15(16)7-5-10-19(23)33-4/h5-10,16H,11-13H2,1-4H3,(H2,27,28)(H,29,32)(H,30,31). The summed E-state index contributed by atoms with van der Waals surface area (Å²) in [4.78, 5) is 29.3. The molecular weight excluding hydrogens is 450 g/mol. The summed E-state index contributed by atoms with van der Waals surface area (Å²) in [7, 11) is 1.58. The van der Waals surface area contributed by atoms with E-state index in [0.717, 1.165) is 5.56 Å². The third kappa shape index (κ3) is 4.53. The van der Waals surface area contributed by atoms with Gasteiger partial charge in [0.2, 0.25) is 5.91 Å². The summed E-state index contributed by atoms with van der Waals surface area (Å²) in [6, 6.07) is 10.6. The molecule has 184 valence electrons. The van der Waals surface area contributed by atoms with Gasteiger partial charge in [0.05, 0.1) is 47.5 Å². The maximum Gasteiger partial charge on any atom is 0.339 e. The molecule has 0 aliphatic carbocycles. The van der Waals surface area contributed by atoms with Crippen LogP contribution in [-0.4, -0.2) is 42.3 Å². The molecule has 0 spiro atoms. The molecule has 0 bridgehead atoms. The Morgan fingerprint density at radius 1 is 1.23 bits per heavy atom. The lowest BCUT2D eigenvalue weighted by Crippen LogP contribution is -2.43. The number of hydrogen-bond donors (Lipinski definition) is 3. The van der Waals surface area contributed by atoms with Crippen LogP contribution in [0, 0.1) is 12.3 Å². The number of aromatic carboxylic acids is 1. The summed E-state index contributed by atoms with van der Waals surface area (Å²) >= 11 is 0. The Morgan fingerprint density at radius 3 is 2.66 bits per heavy atom. The van der Waals surface area contributed by atoms with Crippen LogP contribution in [0.3, 0.4) is 0 Å². The van der Waals surface area contributed by atoms with E-state index in [1.54, 1.807) is 46.1 Å². The van der Waals surface area contributed by atoms with Crippen molar-refractivity contribution in [2.75, 3.05) is 26.1 Å². The van der Waals surface area contributed by atoms with Gasteiger partial charge in [-0.3, -0.25) is 9.78 Å². The number of rotatable bonds is 7. The van der Waals surface area contributed by atoms with Crippen LogP contribution in [0.4, 0.5) is 5.69 Å². The van der Waals surface area contributed by atoms with Crippen LogP contribution in [0.1, 0.15) is 47.9 Å². The average molecular weight is 480 g/mol. The van der Waals surface area contributed by atoms with Crippen molar-refractivity contribution in [3.8, 4) is 17.2 Å². The van der Waals surface area contributed by atoms with Gasteiger partial charge in [-0.25, -0.2) is 4.79 Å². The SMILES string of the molecule is COc1cccc2c1OCCC2NC(=O)C(C)(C)COc1cccc2nc(C)c(C(=O)O)c(N)c12. The van der Waals surface area contributed by atoms with Crippen molar-refractivity contribution in [1.29, 1.82) is 0 Å². The fraction of sp³-hybridized carbons (Fsp3) is 0.346. The lowest BCUT2D eigenvalue weighted by Gasteiger charge is -2.31. The van der Waals surface area contributed by atoms with E-state index in [1.165, 1.54) is 0 Å². The van der Waals surface area contributed by atoms with Crippen LogP contribution in [0.2, 0.25) is 0 Å². The number of para-hydroxylation sites is 1. The van der Waals surface area contributed by atoms with Crippen LogP contribution in [0.25, 0.3) is 10.9 Å². The maximum atomic E-state index is 13.3. The minimum Gasteiger partial charge on any atom is -0.493 e. The number of carboxylic acids is 1. The van der Waals surface area contributed by atoms with Gasteiger partial charge in [-0.05, 0) is 39.0 Å². The summed E-state index contributed by atoms with van der Waals surface area (Å²) in [5.41, 5.74) is 7.06. The minimum atomic E-state index is -1.16. The molecule has 1 aliphatic rings. The first-order chi connectivity index (χ1) is 16.6. The van der Waals surface area contributed by atoms with Crippen LogP contribution >= 0.6 is 0 Å². The van der Waals surface area contributed by atoms with E-state index < -0.39 is 11.4 Å². The number of amides is 1. The van der Waals surface area contributed by atoms with Crippen molar-refractivity contribution >= 4 is 28.5 Å². The number of nitrogens with two attached hydrogens (primary N) is 1. The normalized spacial score (nSPS) is 15.1. The van der Waals surface area contributed by atoms with Crippen molar-refractivity contribution in [1.82, 2.24) is 10.3 Å². The number of nitrogen functional groups attached to an aromatic ring is 1. The molecule has 0 saturated carbocycles. The molecule has 9 nitrogen and oxygen atoms in total. The van der Waals surface area contributed by atoms with Crippen LogP contribution < -0.4 is 25.3 Å². The Bertz CT molecular complexity index is 1300. The van der Waals surface area contributed by atoms with Crippen LogP contribution in [0.5, 0.6) is 17.2 Å². The molecule has 1 amide bonds. The van der Waals surface area contributed by atoms with E-state index in [1.807, 2.05) is 18.2 Å². The Kier molecular flexibility index (Phi) is 6.43. The van der Waals surface area contributed by atoms with Gasteiger partial charge in [0.1, 0.15) is 17.9 Å². The molecule has 35 heavy (non-hydrogen) atoms. The number of aryl methyl sites for hydroxylation is 1. The highest BCUT2D eigenvalue weighted by molar-refractivity contribution is 6.06. The lowest BCUT2D eigenvalue weighted by atomic mass is 9.91. The first kappa shape index (κ1) is 24.1. The van der Waals surface area contributed by atoms with E-state index >= 15 is 0 Å². The van der Waals surface area contributed by atoms with Crippen molar-refractivity contribution in [3.05, 3.63) is 53.2 Å². The number of aromatic nitrogens is 1. The molecule has 1 atom stereocenters. The molecule has 1 unspecified atom stereocenters. The van der Waals surface area contributed by atoms with Crippen LogP contribution in [-0.2, 0) is 4.79 Å². The molecule has 0 fully saturated rings. The monoisotopic (exact) mass is 479 g/mol. The van der Waals surface area contributed by atoms with Crippen molar-refractivity contribution in [2.24, 2.45) is 5.41 Å². The zero-order valence-corrected chi connectivity index (χ0v) is 20.2. The highest BCUT2D eigenvalue weighted by Crippen LogP contribution is 2.40. The number of fused-ring (bicyclic) bond motifs is 2. The second kappa shape index (κ2) is 9.32. The highest BCUT2D eigenvalue weighted by atomic mass is 16.5. The number of pyridine rings is 1. The van der Waals surface area contributed by atoms with E-state index in [4.69, 9.17) is 19.9 Å². The van der Waals surface area contributed by atoms with E-state index in [9.17, 15) is 14.7 Å². The maximum absolute atomic E-state index is 13.3. The van der Waals surface area contributed by atoms with Gasteiger partial charge in [-0.1, -0.05) is 18.2 Å². The number of anilines is 1. The molecule has 2 aromatic carbocycles. The summed E-state index contributed by atoms with van der Waals surface area (Å²) in [6.45, 7) is 5.68. The third-order valence-electron chi connectivity index (χ3n) is 6.17. The number of carbonyl (C=O) groups is 2. The van der Waals surface area contributed by atoms with E-state index in [0.29, 0.717) is 46.9 Å². The molecule has 0 radical (unpaired) electrons. The number of ether oxygens (including phenoxy) is 3. The predicted octanol–water partition coefficient (Wildman–Crippen LogP) is 3.88.